The van der Waals surface area contributed by atoms with E-state index in [1.807, 2.05) is 0 Å². The fraction of sp³-hybridized carbons (Fsp3) is 0.211. The first-order valence-corrected chi connectivity index (χ1v) is 9.62. The van der Waals surface area contributed by atoms with Gasteiger partial charge in [-0.2, -0.15) is 0 Å². The summed E-state index contributed by atoms with van der Waals surface area (Å²) in [6.07, 6.45) is 0. The monoisotopic (exact) mass is 418 g/mol. The van der Waals surface area contributed by atoms with Crippen LogP contribution in [-0.4, -0.2) is 33.6 Å². The summed E-state index contributed by atoms with van der Waals surface area (Å²) in [4.78, 5) is 12.5. The molecule has 0 bridgehead atoms. The molecule has 1 aromatic heterocycles. The maximum Gasteiger partial charge on any atom is 0.252 e. The van der Waals surface area contributed by atoms with Gasteiger partial charge in [0.2, 0.25) is 5.16 Å². The highest BCUT2D eigenvalue weighted by atomic mass is 32.2. The Balaban J connectivity index is 1.60. The number of carbonyl (C=O) groups is 1. The topological polar surface area (TPSA) is 69.5 Å². The number of rotatable bonds is 6. The first-order valence-electron chi connectivity index (χ1n) is 8.63. The SMILES string of the molecule is COc1cccc(OCc2nnc3n2N(Cc2cc(F)ccc2F)C(=O)CS3)c1. The molecule has 0 spiro atoms. The Bertz CT molecular complexity index is 1060. The highest BCUT2D eigenvalue weighted by Gasteiger charge is 2.30. The number of thioether (sulfide) groups is 1. The molecule has 1 amide bonds. The molecule has 1 aliphatic heterocycles. The van der Waals surface area contributed by atoms with E-state index in [1.165, 1.54) is 21.4 Å². The minimum atomic E-state index is -0.596. The van der Waals surface area contributed by atoms with Gasteiger partial charge in [-0.15, -0.1) is 10.2 Å². The minimum absolute atomic E-state index is 0.0239. The molecule has 0 aliphatic carbocycles. The van der Waals surface area contributed by atoms with Gasteiger partial charge in [-0.3, -0.25) is 4.79 Å². The number of carbonyl (C=O) groups excluding carboxylic acids is 1. The van der Waals surface area contributed by atoms with Crippen LogP contribution in [0.3, 0.4) is 0 Å². The smallest absolute Gasteiger partial charge is 0.252 e. The summed E-state index contributed by atoms with van der Waals surface area (Å²) in [5.74, 6) is 0.242. The van der Waals surface area contributed by atoms with Crippen molar-refractivity contribution in [1.29, 1.82) is 0 Å². The van der Waals surface area contributed by atoms with E-state index in [1.54, 1.807) is 31.4 Å². The van der Waals surface area contributed by atoms with Crippen molar-refractivity contribution in [2.24, 2.45) is 0 Å². The zero-order chi connectivity index (χ0) is 20.4. The number of hydrogen-bond donors (Lipinski definition) is 0. The van der Waals surface area contributed by atoms with Crippen molar-refractivity contribution in [3.05, 3.63) is 65.5 Å². The lowest BCUT2D eigenvalue weighted by Gasteiger charge is -2.29. The zero-order valence-corrected chi connectivity index (χ0v) is 16.2. The Morgan fingerprint density at radius 2 is 1.97 bits per heavy atom. The summed E-state index contributed by atoms with van der Waals surface area (Å²) in [5, 5.41) is 9.95. The number of methoxy groups -OCH3 is 1. The van der Waals surface area contributed by atoms with Gasteiger partial charge in [-0.1, -0.05) is 17.8 Å². The largest absolute Gasteiger partial charge is 0.497 e. The third-order valence-corrected chi connectivity index (χ3v) is 5.17. The number of nitrogens with zero attached hydrogens (tertiary/aromatic N) is 4. The second-order valence-corrected chi connectivity index (χ2v) is 7.10. The number of benzene rings is 2. The standard InChI is InChI=1S/C19H16F2N4O3S/c1-27-14-3-2-4-15(8-14)28-10-17-22-23-19-25(17)24(18(26)11-29-19)9-12-7-13(20)5-6-16(12)21/h2-8H,9-11H2,1H3. The van der Waals surface area contributed by atoms with Crippen molar-refractivity contribution in [1.82, 2.24) is 14.9 Å². The fourth-order valence-electron chi connectivity index (χ4n) is 2.85. The summed E-state index contributed by atoms with van der Waals surface area (Å²) >= 11 is 1.22. The molecule has 10 heteroatoms. The average Bonchev–Trinajstić information content (AvgIpc) is 3.14. The van der Waals surface area contributed by atoms with Crippen LogP contribution in [0, 0.1) is 11.6 Å². The summed E-state index contributed by atoms with van der Waals surface area (Å²) in [6, 6.07) is 10.2. The van der Waals surface area contributed by atoms with Crippen LogP contribution < -0.4 is 14.5 Å². The highest BCUT2D eigenvalue weighted by Crippen LogP contribution is 2.26. The van der Waals surface area contributed by atoms with Crippen LogP contribution >= 0.6 is 11.8 Å². The lowest BCUT2D eigenvalue weighted by atomic mass is 10.2. The van der Waals surface area contributed by atoms with Crippen LogP contribution in [0.1, 0.15) is 11.4 Å². The third-order valence-electron chi connectivity index (χ3n) is 4.27. The van der Waals surface area contributed by atoms with Gasteiger partial charge in [0.15, 0.2) is 5.82 Å². The molecular formula is C19H16F2N4O3S. The number of halogens is 2. The van der Waals surface area contributed by atoms with Crippen molar-refractivity contribution in [2.45, 2.75) is 18.3 Å². The predicted octanol–water partition coefficient (Wildman–Crippen LogP) is 2.91. The Morgan fingerprint density at radius 3 is 2.79 bits per heavy atom. The second kappa shape index (κ2) is 8.08. The molecule has 1 aliphatic rings. The van der Waals surface area contributed by atoms with Gasteiger partial charge in [-0.25, -0.2) is 18.5 Å². The maximum atomic E-state index is 14.1. The number of ether oxygens (including phenoxy) is 2. The Morgan fingerprint density at radius 1 is 1.14 bits per heavy atom. The molecule has 0 saturated carbocycles. The van der Waals surface area contributed by atoms with Crippen LogP contribution in [0.2, 0.25) is 0 Å². The number of fused-ring (bicyclic) bond motifs is 1. The lowest BCUT2D eigenvalue weighted by molar-refractivity contribution is -0.118. The van der Waals surface area contributed by atoms with Crippen molar-refractivity contribution < 1.29 is 23.0 Å². The van der Waals surface area contributed by atoms with E-state index in [9.17, 15) is 13.6 Å². The van der Waals surface area contributed by atoms with Crippen molar-refractivity contribution in [3.8, 4) is 11.5 Å². The summed E-state index contributed by atoms with van der Waals surface area (Å²) in [7, 11) is 1.56. The van der Waals surface area contributed by atoms with E-state index in [2.05, 4.69) is 10.2 Å². The molecular weight excluding hydrogens is 402 g/mol. The molecule has 3 aromatic rings. The molecule has 0 atom stereocenters. The summed E-state index contributed by atoms with van der Waals surface area (Å²) in [6.45, 7) is -0.129. The van der Waals surface area contributed by atoms with Crippen molar-refractivity contribution in [3.63, 3.8) is 0 Å². The van der Waals surface area contributed by atoms with Crippen LogP contribution in [-0.2, 0) is 17.9 Å². The van der Waals surface area contributed by atoms with Crippen LogP contribution in [0.5, 0.6) is 11.5 Å². The molecule has 7 nitrogen and oxygen atoms in total. The highest BCUT2D eigenvalue weighted by molar-refractivity contribution is 7.99. The predicted molar refractivity (Wildman–Crippen MR) is 101 cm³/mol. The van der Waals surface area contributed by atoms with Gasteiger partial charge in [-0.05, 0) is 30.3 Å². The maximum absolute atomic E-state index is 14.1. The van der Waals surface area contributed by atoms with Crippen LogP contribution in [0.15, 0.2) is 47.6 Å². The van der Waals surface area contributed by atoms with Gasteiger partial charge in [0.1, 0.15) is 29.7 Å². The average molecular weight is 418 g/mol. The number of hydrogen-bond acceptors (Lipinski definition) is 6. The Kier molecular flexibility index (Phi) is 5.34. The van der Waals surface area contributed by atoms with Gasteiger partial charge in [0.25, 0.3) is 5.91 Å². The molecule has 0 unspecified atom stereocenters. The van der Waals surface area contributed by atoms with E-state index in [0.717, 1.165) is 18.2 Å². The fourth-order valence-corrected chi connectivity index (χ4v) is 3.68. The molecule has 0 fully saturated rings. The Labute approximate surface area is 169 Å². The molecule has 0 radical (unpaired) electrons. The Hall–Kier alpha value is -3.14. The molecule has 2 heterocycles. The third kappa shape index (κ3) is 4.02. The molecule has 150 valence electrons. The lowest BCUT2D eigenvalue weighted by Crippen LogP contribution is -2.45. The molecule has 0 N–H and O–H groups in total. The summed E-state index contributed by atoms with van der Waals surface area (Å²) < 4.78 is 40.1. The minimum Gasteiger partial charge on any atom is -0.497 e. The van der Waals surface area contributed by atoms with Crippen LogP contribution in [0.25, 0.3) is 0 Å². The quantitative estimate of drug-likeness (QED) is 0.613. The van der Waals surface area contributed by atoms with Gasteiger partial charge in [0.05, 0.1) is 19.4 Å². The van der Waals surface area contributed by atoms with Crippen molar-refractivity contribution >= 4 is 17.7 Å². The van der Waals surface area contributed by atoms with Crippen LogP contribution in [0.4, 0.5) is 8.78 Å². The molecule has 29 heavy (non-hydrogen) atoms. The number of amides is 1. The van der Waals surface area contributed by atoms with E-state index in [4.69, 9.17) is 9.47 Å². The van der Waals surface area contributed by atoms with E-state index in [0.29, 0.717) is 22.5 Å². The van der Waals surface area contributed by atoms with Gasteiger partial charge >= 0.3 is 0 Å². The molecule has 2 aromatic carbocycles. The van der Waals surface area contributed by atoms with E-state index >= 15 is 0 Å². The first kappa shape index (κ1) is 19.2. The summed E-state index contributed by atoms with van der Waals surface area (Å²) in [5.41, 5.74) is 0.0598. The first-order chi connectivity index (χ1) is 14.0. The zero-order valence-electron chi connectivity index (χ0n) is 15.3. The molecule has 4 rings (SSSR count). The molecule has 0 saturated heterocycles. The second-order valence-electron chi connectivity index (χ2n) is 6.15. The number of aromatic nitrogens is 3. The van der Waals surface area contributed by atoms with Gasteiger partial charge in [0, 0.05) is 11.6 Å². The normalized spacial score (nSPS) is 13.3. The van der Waals surface area contributed by atoms with Crippen molar-refractivity contribution in [2.75, 3.05) is 17.9 Å². The van der Waals surface area contributed by atoms with E-state index in [-0.39, 0.29) is 30.4 Å². The van der Waals surface area contributed by atoms with E-state index < -0.39 is 11.6 Å². The van der Waals surface area contributed by atoms with Gasteiger partial charge < -0.3 is 9.47 Å².